The number of amides is 1. The van der Waals surface area contributed by atoms with Gasteiger partial charge in [0.15, 0.2) is 0 Å². The van der Waals surface area contributed by atoms with Crippen molar-refractivity contribution >= 4 is 15.9 Å². The number of ether oxygens (including phenoxy) is 2. The Labute approximate surface area is 142 Å². The molecule has 134 valence electrons. The van der Waals surface area contributed by atoms with Crippen LogP contribution in [0.4, 0.5) is 0 Å². The van der Waals surface area contributed by atoms with E-state index < -0.39 is 10.0 Å². The zero-order valence-corrected chi connectivity index (χ0v) is 14.7. The first-order valence-electron chi connectivity index (χ1n) is 7.69. The van der Waals surface area contributed by atoms with Crippen molar-refractivity contribution in [2.75, 3.05) is 53.6 Å². The molecule has 0 bridgehead atoms. The normalized spacial score (nSPS) is 15.9. The molecule has 1 saturated heterocycles. The Morgan fingerprint density at radius 1 is 1.29 bits per heavy atom. The topological polar surface area (TPSA) is 97.0 Å². The highest BCUT2D eigenvalue weighted by Crippen LogP contribution is 2.25. The number of benzene rings is 1. The molecule has 2 rings (SSSR count). The lowest BCUT2D eigenvalue weighted by Gasteiger charge is -2.26. The number of carbonyl (C=O) groups excluding carboxylic acids is 1. The number of rotatable bonds is 7. The molecule has 1 fully saturated rings. The number of sulfonamides is 1. The van der Waals surface area contributed by atoms with Gasteiger partial charge in [-0.2, -0.15) is 4.31 Å². The van der Waals surface area contributed by atoms with E-state index in [1.807, 2.05) is 0 Å². The predicted molar refractivity (Wildman–Crippen MR) is 88.8 cm³/mol. The average Bonchev–Trinajstić information content (AvgIpc) is 2.62. The van der Waals surface area contributed by atoms with Gasteiger partial charge in [0.1, 0.15) is 5.75 Å². The minimum atomic E-state index is -3.66. The fraction of sp³-hybridized carbons (Fsp3) is 0.533. The van der Waals surface area contributed by atoms with Gasteiger partial charge in [-0.1, -0.05) is 0 Å². The largest absolute Gasteiger partial charge is 0.496 e. The van der Waals surface area contributed by atoms with Gasteiger partial charge in [-0.25, -0.2) is 8.42 Å². The molecule has 0 aromatic heterocycles. The second kappa shape index (κ2) is 8.43. The maximum absolute atomic E-state index is 12.7. The minimum Gasteiger partial charge on any atom is -0.496 e. The van der Waals surface area contributed by atoms with Gasteiger partial charge in [0.25, 0.3) is 5.91 Å². The Kier molecular flexibility index (Phi) is 6.55. The third kappa shape index (κ3) is 4.23. The molecule has 8 nitrogen and oxygen atoms in total. The van der Waals surface area contributed by atoms with Crippen LogP contribution in [0.5, 0.6) is 5.75 Å². The summed E-state index contributed by atoms with van der Waals surface area (Å²) in [6.07, 6.45) is 0. The van der Waals surface area contributed by atoms with E-state index in [0.29, 0.717) is 45.1 Å². The van der Waals surface area contributed by atoms with Crippen LogP contribution in [0.1, 0.15) is 10.4 Å². The van der Waals surface area contributed by atoms with Crippen molar-refractivity contribution in [1.82, 2.24) is 14.9 Å². The Bertz CT molecular complexity index is 672. The zero-order chi connectivity index (χ0) is 17.6. The summed E-state index contributed by atoms with van der Waals surface area (Å²) < 4.78 is 37.2. The van der Waals surface area contributed by atoms with E-state index in [4.69, 9.17) is 9.47 Å². The average molecular weight is 357 g/mol. The van der Waals surface area contributed by atoms with E-state index >= 15 is 0 Å². The SMILES string of the molecule is CNCCNC(=O)c1cc(S(=O)(=O)N2CCOCC2)ccc1OC. The highest BCUT2D eigenvalue weighted by Gasteiger charge is 2.27. The lowest BCUT2D eigenvalue weighted by Crippen LogP contribution is -2.40. The number of likely N-dealkylation sites (N-methyl/N-ethyl adjacent to an activating group) is 1. The van der Waals surface area contributed by atoms with Gasteiger partial charge in [-0.3, -0.25) is 4.79 Å². The van der Waals surface area contributed by atoms with E-state index in [1.165, 1.54) is 29.6 Å². The van der Waals surface area contributed by atoms with Crippen molar-refractivity contribution in [3.63, 3.8) is 0 Å². The number of nitrogens with one attached hydrogen (secondary N) is 2. The first-order valence-corrected chi connectivity index (χ1v) is 9.13. The number of nitrogens with zero attached hydrogens (tertiary/aromatic N) is 1. The molecular formula is C15H23N3O5S. The summed E-state index contributed by atoms with van der Waals surface area (Å²) in [5, 5.41) is 5.64. The lowest BCUT2D eigenvalue weighted by molar-refractivity contribution is 0.0730. The first-order chi connectivity index (χ1) is 11.5. The Morgan fingerprint density at radius 3 is 2.62 bits per heavy atom. The molecule has 1 amide bonds. The molecule has 0 radical (unpaired) electrons. The van der Waals surface area contributed by atoms with Crippen molar-refractivity contribution in [1.29, 1.82) is 0 Å². The van der Waals surface area contributed by atoms with Crippen molar-refractivity contribution in [2.24, 2.45) is 0 Å². The molecular weight excluding hydrogens is 334 g/mol. The third-order valence-electron chi connectivity index (χ3n) is 3.68. The fourth-order valence-corrected chi connectivity index (χ4v) is 3.79. The van der Waals surface area contributed by atoms with Crippen molar-refractivity contribution in [3.05, 3.63) is 23.8 Å². The summed E-state index contributed by atoms with van der Waals surface area (Å²) in [7, 11) is -0.442. The molecule has 1 aliphatic heterocycles. The molecule has 9 heteroatoms. The Balaban J connectivity index is 2.28. The zero-order valence-electron chi connectivity index (χ0n) is 13.9. The van der Waals surface area contributed by atoms with Crippen LogP contribution in [0.3, 0.4) is 0 Å². The van der Waals surface area contributed by atoms with Gasteiger partial charge in [0.2, 0.25) is 10.0 Å². The van der Waals surface area contributed by atoms with E-state index in [-0.39, 0.29) is 16.4 Å². The summed E-state index contributed by atoms with van der Waals surface area (Å²) in [4.78, 5) is 12.4. The van der Waals surface area contributed by atoms with Gasteiger partial charge in [-0.15, -0.1) is 0 Å². The van der Waals surface area contributed by atoms with Gasteiger partial charge < -0.3 is 20.1 Å². The smallest absolute Gasteiger partial charge is 0.255 e. The van der Waals surface area contributed by atoms with E-state index in [1.54, 1.807) is 7.05 Å². The van der Waals surface area contributed by atoms with Gasteiger partial charge in [0, 0.05) is 26.2 Å². The highest BCUT2D eigenvalue weighted by atomic mass is 32.2. The number of carbonyl (C=O) groups is 1. The van der Waals surface area contributed by atoms with E-state index in [0.717, 1.165) is 0 Å². The molecule has 1 aromatic carbocycles. The summed E-state index contributed by atoms with van der Waals surface area (Å²) in [5.41, 5.74) is 0.197. The predicted octanol–water partition coefficient (Wildman–Crippen LogP) is -0.335. The quantitative estimate of drug-likeness (QED) is 0.649. The fourth-order valence-electron chi connectivity index (χ4n) is 2.36. The summed E-state index contributed by atoms with van der Waals surface area (Å²) in [6.45, 7) is 2.38. The highest BCUT2D eigenvalue weighted by molar-refractivity contribution is 7.89. The monoisotopic (exact) mass is 357 g/mol. The first kappa shape index (κ1) is 18.7. The minimum absolute atomic E-state index is 0.0731. The van der Waals surface area contributed by atoms with Gasteiger partial charge >= 0.3 is 0 Å². The molecule has 0 atom stereocenters. The molecule has 2 N–H and O–H groups in total. The van der Waals surface area contributed by atoms with Crippen LogP contribution in [0.15, 0.2) is 23.1 Å². The maximum atomic E-state index is 12.7. The summed E-state index contributed by atoms with van der Waals surface area (Å²) in [5.74, 6) is -0.0426. The van der Waals surface area contributed by atoms with E-state index in [9.17, 15) is 13.2 Å². The van der Waals surface area contributed by atoms with Crippen LogP contribution in [0.2, 0.25) is 0 Å². The summed E-state index contributed by atoms with van der Waals surface area (Å²) >= 11 is 0. The van der Waals surface area contributed by atoms with Crippen LogP contribution in [-0.4, -0.2) is 72.2 Å². The molecule has 1 heterocycles. The van der Waals surface area contributed by atoms with Crippen molar-refractivity contribution in [3.8, 4) is 5.75 Å². The summed E-state index contributed by atoms with van der Waals surface area (Å²) in [6, 6.07) is 4.31. The molecule has 1 aliphatic rings. The number of hydrogen-bond donors (Lipinski definition) is 2. The molecule has 0 aliphatic carbocycles. The van der Waals surface area contributed by atoms with Crippen LogP contribution >= 0.6 is 0 Å². The Morgan fingerprint density at radius 2 is 2.00 bits per heavy atom. The molecule has 1 aromatic rings. The molecule has 0 spiro atoms. The number of methoxy groups -OCH3 is 1. The number of morpholine rings is 1. The second-order valence-electron chi connectivity index (χ2n) is 5.24. The van der Waals surface area contributed by atoms with E-state index in [2.05, 4.69) is 10.6 Å². The molecule has 24 heavy (non-hydrogen) atoms. The molecule has 0 unspecified atom stereocenters. The third-order valence-corrected chi connectivity index (χ3v) is 5.58. The van der Waals surface area contributed by atoms with Crippen LogP contribution < -0.4 is 15.4 Å². The maximum Gasteiger partial charge on any atom is 0.255 e. The van der Waals surface area contributed by atoms with Crippen molar-refractivity contribution < 1.29 is 22.7 Å². The van der Waals surface area contributed by atoms with Gasteiger partial charge in [-0.05, 0) is 25.2 Å². The lowest BCUT2D eigenvalue weighted by atomic mass is 10.2. The van der Waals surface area contributed by atoms with Crippen LogP contribution in [0.25, 0.3) is 0 Å². The van der Waals surface area contributed by atoms with Crippen molar-refractivity contribution in [2.45, 2.75) is 4.90 Å². The van der Waals surface area contributed by atoms with Gasteiger partial charge in [0.05, 0.1) is 30.8 Å². The van der Waals surface area contributed by atoms with Crippen LogP contribution in [0, 0.1) is 0 Å². The molecule has 0 saturated carbocycles. The number of hydrogen-bond acceptors (Lipinski definition) is 6. The second-order valence-corrected chi connectivity index (χ2v) is 7.18. The standard InChI is InChI=1S/C15H23N3O5S/c1-16-5-6-17-15(19)13-11-12(3-4-14(13)22-2)24(20,21)18-7-9-23-10-8-18/h3-4,11,16H,5-10H2,1-2H3,(H,17,19). The Hall–Kier alpha value is -1.68. The van der Waals surface area contributed by atoms with Crippen LogP contribution in [-0.2, 0) is 14.8 Å².